The van der Waals surface area contributed by atoms with Gasteiger partial charge in [0, 0.05) is 17.7 Å². The van der Waals surface area contributed by atoms with Gasteiger partial charge in [-0.1, -0.05) is 6.07 Å². The van der Waals surface area contributed by atoms with Crippen LogP contribution in [-0.2, 0) is 11.2 Å². The molecule has 0 aliphatic carbocycles. The third-order valence-corrected chi connectivity index (χ3v) is 3.61. The number of carbonyl (C=O) groups is 1. The minimum absolute atomic E-state index is 0.00185. The van der Waals surface area contributed by atoms with Gasteiger partial charge >= 0.3 is 0 Å². The molecule has 1 aromatic heterocycles. The molecule has 24 heavy (non-hydrogen) atoms. The molecule has 1 amide bonds. The molecule has 0 unspecified atom stereocenters. The van der Waals surface area contributed by atoms with Gasteiger partial charge in [0.15, 0.2) is 11.5 Å². The molecule has 2 rings (SSSR count). The molecule has 1 aromatic carbocycles. The molecular weight excluding hydrogens is 308 g/mol. The first-order chi connectivity index (χ1) is 11.5. The first kappa shape index (κ1) is 17.5. The van der Waals surface area contributed by atoms with Gasteiger partial charge in [-0.15, -0.1) is 0 Å². The number of H-pyrrole nitrogens is 1. The molecule has 0 radical (unpaired) electrons. The van der Waals surface area contributed by atoms with Crippen molar-refractivity contribution >= 4 is 12.1 Å². The molecule has 0 aliphatic rings. The van der Waals surface area contributed by atoms with E-state index < -0.39 is 0 Å². The van der Waals surface area contributed by atoms with Crippen molar-refractivity contribution in [1.29, 1.82) is 0 Å². The number of aromatic hydroxyl groups is 1. The average Bonchev–Trinajstić information content (AvgIpc) is 2.87. The number of phenolic OH excluding ortho intramolecular Hbond substituents is 1. The molecule has 0 fully saturated rings. The number of phenols is 1. The lowest BCUT2D eigenvalue weighted by atomic mass is 10.1. The monoisotopic (exact) mass is 330 g/mol. The summed E-state index contributed by atoms with van der Waals surface area (Å²) in [6.07, 6.45) is 2.30. The molecule has 7 heteroatoms. The van der Waals surface area contributed by atoms with E-state index in [1.165, 1.54) is 6.21 Å². The minimum Gasteiger partial charge on any atom is -0.504 e. The Morgan fingerprint density at radius 3 is 2.92 bits per heavy atom. The van der Waals surface area contributed by atoms with Crippen LogP contribution < -0.4 is 10.2 Å². The van der Waals surface area contributed by atoms with Gasteiger partial charge in [-0.25, -0.2) is 5.43 Å². The van der Waals surface area contributed by atoms with Crippen molar-refractivity contribution in [2.24, 2.45) is 5.10 Å². The SMILES string of the molecule is CCOc1cccc(/C=N/NC(=O)CCc2c(C)n[nH]c2C)c1O. The van der Waals surface area contributed by atoms with Crippen LogP contribution in [0.25, 0.3) is 0 Å². The lowest BCUT2D eigenvalue weighted by molar-refractivity contribution is -0.121. The first-order valence-corrected chi connectivity index (χ1v) is 7.80. The maximum atomic E-state index is 11.9. The van der Waals surface area contributed by atoms with E-state index in [1.54, 1.807) is 18.2 Å². The largest absolute Gasteiger partial charge is 0.504 e. The highest BCUT2D eigenvalue weighted by molar-refractivity contribution is 5.86. The highest BCUT2D eigenvalue weighted by Gasteiger charge is 2.09. The van der Waals surface area contributed by atoms with E-state index >= 15 is 0 Å². The van der Waals surface area contributed by atoms with E-state index in [9.17, 15) is 9.90 Å². The van der Waals surface area contributed by atoms with Crippen LogP contribution in [0.2, 0.25) is 0 Å². The highest BCUT2D eigenvalue weighted by atomic mass is 16.5. The predicted octanol–water partition coefficient (Wildman–Crippen LogP) is 2.21. The predicted molar refractivity (Wildman–Crippen MR) is 91.4 cm³/mol. The molecule has 0 saturated carbocycles. The molecule has 0 bridgehead atoms. The molecule has 7 nitrogen and oxygen atoms in total. The number of hydrogen-bond donors (Lipinski definition) is 3. The van der Waals surface area contributed by atoms with Crippen LogP contribution in [0.15, 0.2) is 23.3 Å². The quantitative estimate of drug-likeness (QED) is 0.535. The number of aromatic nitrogens is 2. The lowest BCUT2D eigenvalue weighted by Gasteiger charge is -2.07. The summed E-state index contributed by atoms with van der Waals surface area (Å²) in [4.78, 5) is 11.9. The highest BCUT2D eigenvalue weighted by Crippen LogP contribution is 2.28. The van der Waals surface area contributed by atoms with Crippen molar-refractivity contribution < 1.29 is 14.6 Å². The molecule has 0 aliphatic heterocycles. The number of aromatic amines is 1. The number of ether oxygens (including phenoxy) is 1. The Hall–Kier alpha value is -2.83. The molecular formula is C17H22N4O3. The summed E-state index contributed by atoms with van der Waals surface area (Å²) in [5.74, 6) is 0.187. The Bertz CT molecular complexity index is 718. The van der Waals surface area contributed by atoms with Crippen LogP contribution in [0.3, 0.4) is 0 Å². The van der Waals surface area contributed by atoms with Gasteiger partial charge in [0.05, 0.1) is 18.5 Å². The van der Waals surface area contributed by atoms with Crippen molar-refractivity contribution in [3.8, 4) is 11.5 Å². The Balaban J connectivity index is 1.90. The summed E-state index contributed by atoms with van der Waals surface area (Å²) < 4.78 is 5.30. The third-order valence-electron chi connectivity index (χ3n) is 3.61. The molecule has 0 saturated heterocycles. The van der Waals surface area contributed by atoms with E-state index in [-0.39, 0.29) is 11.7 Å². The minimum atomic E-state index is -0.202. The number of nitrogens with one attached hydrogen (secondary N) is 2. The summed E-state index contributed by atoms with van der Waals surface area (Å²) in [6.45, 7) is 6.13. The van der Waals surface area contributed by atoms with Gasteiger partial charge in [0.25, 0.3) is 0 Å². The second-order valence-corrected chi connectivity index (χ2v) is 5.33. The topological polar surface area (TPSA) is 99.6 Å². The standard InChI is InChI=1S/C17H22N4O3/c1-4-24-15-7-5-6-13(17(15)23)10-18-21-16(22)9-8-14-11(2)19-20-12(14)3/h5-7,10,23H,4,8-9H2,1-3H3,(H,19,20)(H,21,22)/b18-10+. The lowest BCUT2D eigenvalue weighted by Crippen LogP contribution is -2.18. The number of aryl methyl sites for hydroxylation is 2. The van der Waals surface area contributed by atoms with E-state index in [0.29, 0.717) is 30.8 Å². The number of hydrogen-bond acceptors (Lipinski definition) is 5. The average molecular weight is 330 g/mol. The van der Waals surface area contributed by atoms with Crippen LogP contribution >= 0.6 is 0 Å². The Kier molecular flexibility index (Phi) is 5.95. The maximum Gasteiger partial charge on any atom is 0.240 e. The van der Waals surface area contributed by atoms with Crippen molar-refractivity contribution in [2.45, 2.75) is 33.6 Å². The summed E-state index contributed by atoms with van der Waals surface area (Å²) in [5.41, 5.74) is 5.86. The van der Waals surface area contributed by atoms with Gasteiger partial charge in [-0.05, 0) is 44.9 Å². The zero-order chi connectivity index (χ0) is 17.5. The van der Waals surface area contributed by atoms with Crippen molar-refractivity contribution in [3.63, 3.8) is 0 Å². The molecule has 0 spiro atoms. The zero-order valence-corrected chi connectivity index (χ0v) is 14.1. The number of para-hydroxylation sites is 1. The first-order valence-electron chi connectivity index (χ1n) is 7.80. The van der Waals surface area contributed by atoms with Crippen LogP contribution in [0.1, 0.15) is 35.9 Å². The van der Waals surface area contributed by atoms with Crippen LogP contribution in [0.4, 0.5) is 0 Å². The maximum absolute atomic E-state index is 11.9. The van der Waals surface area contributed by atoms with Crippen molar-refractivity contribution in [2.75, 3.05) is 6.61 Å². The van der Waals surface area contributed by atoms with E-state index in [1.807, 2.05) is 20.8 Å². The third kappa shape index (κ3) is 4.34. The number of carbonyl (C=O) groups excluding carboxylic acids is 1. The van der Waals surface area contributed by atoms with Gasteiger partial charge < -0.3 is 9.84 Å². The molecule has 1 heterocycles. The molecule has 3 N–H and O–H groups in total. The molecule has 0 atom stereocenters. The number of benzene rings is 1. The zero-order valence-electron chi connectivity index (χ0n) is 14.1. The fourth-order valence-electron chi connectivity index (χ4n) is 2.33. The van der Waals surface area contributed by atoms with Gasteiger partial charge in [0.2, 0.25) is 5.91 Å². The number of rotatable bonds is 7. The van der Waals surface area contributed by atoms with Crippen molar-refractivity contribution in [3.05, 3.63) is 40.7 Å². The van der Waals surface area contributed by atoms with Crippen molar-refractivity contribution in [1.82, 2.24) is 15.6 Å². The van der Waals surface area contributed by atoms with Crippen LogP contribution in [0, 0.1) is 13.8 Å². The Morgan fingerprint density at radius 2 is 2.25 bits per heavy atom. The van der Waals surface area contributed by atoms with Gasteiger partial charge in [-0.3, -0.25) is 9.89 Å². The van der Waals surface area contributed by atoms with E-state index in [0.717, 1.165) is 17.0 Å². The normalized spacial score (nSPS) is 11.0. The molecule has 2 aromatic rings. The summed E-state index contributed by atoms with van der Waals surface area (Å²) in [6, 6.07) is 5.11. The Labute approximate surface area is 140 Å². The Morgan fingerprint density at radius 1 is 1.46 bits per heavy atom. The van der Waals surface area contributed by atoms with E-state index in [2.05, 4.69) is 20.7 Å². The van der Waals surface area contributed by atoms with E-state index in [4.69, 9.17) is 4.74 Å². The summed E-state index contributed by atoms with van der Waals surface area (Å²) in [7, 11) is 0. The summed E-state index contributed by atoms with van der Waals surface area (Å²) in [5, 5.41) is 20.9. The van der Waals surface area contributed by atoms with Gasteiger partial charge in [0.1, 0.15) is 0 Å². The number of nitrogens with zero attached hydrogens (tertiary/aromatic N) is 2. The second kappa shape index (κ2) is 8.14. The fraction of sp³-hybridized carbons (Fsp3) is 0.353. The van der Waals surface area contributed by atoms with Crippen LogP contribution in [0.5, 0.6) is 11.5 Å². The fourth-order valence-corrected chi connectivity index (χ4v) is 2.33. The molecule has 128 valence electrons. The summed E-state index contributed by atoms with van der Waals surface area (Å²) >= 11 is 0. The second-order valence-electron chi connectivity index (χ2n) is 5.33. The smallest absolute Gasteiger partial charge is 0.240 e. The van der Waals surface area contributed by atoms with Gasteiger partial charge in [-0.2, -0.15) is 10.2 Å². The number of hydrazone groups is 1. The number of amides is 1. The van der Waals surface area contributed by atoms with Crippen LogP contribution in [-0.4, -0.2) is 34.0 Å².